The van der Waals surface area contributed by atoms with Gasteiger partial charge in [-0.1, -0.05) is 0 Å². The quantitative estimate of drug-likeness (QED) is 0.621. The first-order chi connectivity index (χ1) is 10.2. The number of anilines is 1. The third-order valence-electron chi connectivity index (χ3n) is 4.03. The first kappa shape index (κ1) is 10.8. The minimum Gasteiger partial charge on any atom is -0.508 e. The van der Waals surface area contributed by atoms with Gasteiger partial charge in [0, 0.05) is 10.8 Å². The predicted octanol–water partition coefficient (Wildman–Crippen LogP) is 2.99. The van der Waals surface area contributed by atoms with E-state index in [1.165, 1.54) is 0 Å². The molecule has 0 atom stereocenters. The molecule has 0 unspecified atom stereocenters. The predicted molar refractivity (Wildman–Crippen MR) is 77.2 cm³/mol. The lowest BCUT2D eigenvalue weighted by atomic mass is 9.97. The van der Waals surface area contributed by atoms with Gasteiger partial charge in [-0.05, 0) is 41.1 Å². The van der Waals surface area contributed by atoms with Crippen LogP contribution in [0.25, 0.3) is 21.5 Å². The second kappa shape index (κ2) is 3.38. The van der Waals surface area contributed by atoms with Crippen molar-refractivity contribution in [2.75, 3.05) is 12.1 Å². The fraction of sp³-hybridized carbons (Fsp3) is 0.0625. The Morgan fingerprint density at radius 2 is 2.00 bits per heavy atom. The lowest BCUT2D eigenvalue weighted by molar-refractivity contribution is 0.103. The maximum absolute atomic E-state index is 12.1. The number of hydrogen-bond acceptors (Lipinski definition) is 4. The molecule has 1 amide bonds. The summed E-state index contributed by atoms with van der Waals surface area (Å²) in [5, 5.41) is 16.0. The molecule has 0 bridgehead atoms. The molecule has 0 fully saturated rings. The summed E-state index contributed by atoms with van der Waals surface area (Å²) in [5.41, 5.74) is 1.33. The second-order valence-electron chi connectivity index (χ2n) is 5.19. The Balaban J connectivity index is 2.09. The number of carbonyl (C=O) groups is 1. The van der Waals surface area contributed by atoms with Crippen LogP contribution >= 0.6 is 0 Å². The van der Waals surface area contributed by atoms with Gasteiger partial charge < -0.3 is 19.9 Å². The summed E-state index contributed by atoms with van der Waals surface area (Å²) in [7, 11) is 0. The molecule has 0 aromatic heterocycles. The van der Waals surface area contributed by atoms with E-state index in [1.54, 1.807) is 18.2 Å². The van der Waals surface area contributed by atoms with Crippen LogP contribution in [0.2, 0.25) is 0 Å². The van der Waals surface area contributed by atoms with Crippen LogP contribution in [0.15, 0.2) is 30.3 Å². The summed E-state index contributed by atoms with van der Waals surface area (Å²) in [6, 6.07) is 8.73. The monoisotopic (exact) mass is 279 g/mol. The van der Waals surface area contributed by atoms with Gasteiger partial charge >= 0.3 is 0 Å². The van der Waals surface area contributed by atoms with E-state index in [2.05, 4.69) is 5.32 Å². The summed E-state index contributed by atoms with van der Waals surface area (Å²) in [5.74, 6) is 1.28. The lowest BCUT2D eigenvalue weighted by Crippen LogP contribution is -2.04. The van der Waals surface area contributed by atoms with E-state index in [1.807, 2.05) is 12.1 Å². The van der Waals surface area contributed by atoms with Crippen LogP contribution in [0.5, 0.6) is 17.2 Å². The summed E-state index contributed by atoms with van der Waals surface area (Å²) >= 11 is 0. The molecule has 0 spiro atoms. The summed E-state index contributed by atoms with van der Waals surface area (Å²) in [4.78, 5) is 12.1. The van der Waals surface area contributed by atoms with E-state index in [0.29, 0.717) is 17.1 Å². The van der Waals surface area contributed by atoms with Crippen LogP contribution in [0.1, 0.15) is 10.4 Å². The summed E-state index contributed by atoms with van der Waals surface area (Å²) in [6.07, 6.45) is 0. The number of aromatic hydroxyl groups is 1. The number of carbonyl (C=O) groups excluding carboxylic acids is 1. The van der Waals surface area contributed by atoms with Gasteiger partial charge in [0.25, 0.3) is 5.91 Å². The number of nitrogens with one attached hydrogen (secondary N) is 1. The molecule has 21 heavy (non-hydrogen) atoms. The molecular weight excluding hydrogens is 270 g/mol. The zero-order valence-electron chi connectivity index (χ0n) is 10.8. The molecule has 0 radical (unpaired) electrons. The molecule has 2 aliphatic heterocycles. The van der Waals surface area contributed by atoms with Crippen molar-refractivity contribution in [3.8, 4) is 17.2 Å². The lowest BCUT2D eigenvalue weighted by Gasteiger charge is -2.09. The number of rotatable bonds is 0. The van der Waals surface area contributed by atoms with Crippen LogP contribution in [0.4, 0.5) is 5.69 Å². The Morgan fingerprint density at radius 3 is 2.90 bits per heavy atom. The van der Waals surface area contributed by atoms with E-state index >= 15 is 0 Å². The minimum absolute atomic E-state index is 0.146. The smallest absolute Gasteiger partial charge is 0.256 e. The number of hydrogen-bond donors (Lipinski definition) is 2. The fourth-order valence-corrected chi connectivity index (χ4v) is 3.17. The van der Waals surface area contributed by atoms with Gasteiger partial charge in [0.05, 0.1) is 11.3 Å². The van der Waals surface area contributed by atoms with E-state index in [-0.39, 0.29) is 18.4 Å². The van der Waals surface area contributed by atoms with E-state index in [4.69, 9.17) is 9.47 Å². The number of benzene rings is 3. The Kier molecular flexibility index (Phi) is 1.74. The van der Waals surface area contributed by atoms with Gasteiger partial charge in [-0.2, -0.15) is 0 Å². The minimum atomic E-state index is -0.146. The van der Waals surface area contributed by atoms with Gasteiger partial charge in [-0.3, -0.25) is 4.79 Å². The third kappa shape index (κ3) is 1.23. The largest absolute Gasteiger partial charge is 0.508 e. The average Bonchev–Trinajstić information content (AvgIpc) is 3.04. The number of phenolic OH excluding ortho intramolecular Hbond substituents is 1. The van der Waals surface area contributed by atoms with Gasteiger partial charge in [0.15, 0.2) is 11.5 Å². The highest BCUT2D eigenvalue weighted by atomic mass is 16.7. The van der Waals surface area contributed by atoms with Crippen LogP contribution in [0, 0.1) is 0 Å². The molecule has 5 nitrogen and oxygen atoms in total. The van der Waals surface area contributed by atoms with E-state index < -0.39 is 0 Å². The number of fused-ring (bicyclic) bond motifs is 4. The van der Waals surface area contributed by atoms with Crippen molar-refractivity contribution in [2.24, 2.45) is 0 Å². The molecule has 0 saturated heterocycles. The maximum atomic E-state index is 12.1. The van der Waals surface area contributed by atoms with Crippen molar-refractivity contribution in [3.63, 3.8) is 0 Å². The molecular formula is C16H9NO4. The van der Waals surface area contributed by atoms with Gasteiger partial charge in [0.1, 0.15) is 5.75 Å². The van der Waals surface area contributed by atoms with E-state index in [9.17, 15) is 9.90 Å². The summed E-state index contributed by atoms with van der Waals surface area (Å²) < 4.78 is 11.0. The molecule has 2 aliphatic rings. The van der Waals surface area contributed by atoms with E-state index in [0.717, 1.165) is 27.2 Å². The molecule has 3 aromatic carbocycles. The molecule has 0 saturated carbocycles. The Labute approximate surface area is 118 Å². The fourth-order valence-electron chi connectivity index (χ4n) is 3.17. The Hall–Kier alpha value is -2.95. The first-order valence-electron chi connectivity index (χ1n) is 6.56. The zero-order valence-corrected chi connectivity index (χ0v) is 10.8. The van der Waals surface area contributed by atoms with Crippen molar-refractivity contribution >= 4 is 33.1 Å². The Morgan fingerprint density at radius 1 is 1.10 bits per heavy atom. The van der Waals surface area contributed by atoms with Crippen molar-refractivity contribution in [2.45, 2.75) is 0 Å². The normalized spacial score (nSPS) is 15.0. The highest BCUT2D eigenvalue weighted by molar-refractivity contribution is 6.30. The van der Waals surface area contributed by atoms with Crippen LogP contribution in [0.3, 0.4) is 0 Å². The molecule has 2 N–H and O–H groups in total. The number of phenols is 1. The van der Waals surface area contributed by atoms with Crippen molar-refractivity contribution in [1.82, 2.24) is 0 Å². The van der Waals surface area contributed by atoms with Crippen LogP contribution in [-0.4, -0.2) is 17.8 Å². The average molecular weight is 279 g/mol. The summed E-state index contributed by atoms with van der Waals surface area (Å²) in [6.45, 7) is 0.152. The molecule has 2 heterocycles. The molecule has 5 rings (SSSR count). The van der Waals surface area contributed by atoms with Crippen molar-refractivity contribution in [3.05, 3.63) is 35.9 Å². The highest BCUT2D eigenvalue weighted by Crippen LogP contribution is 2.49. The second-order valence-corrected chi connectivity index (χ2v) is 5.19. The van der Waals surface area contributed by atoms with Gasteiger partial charge in [0.2, 0.25) is 6.79 Å². The standard InChI is InChI=1S/C16H9NO4/c18-8-1-2-9-7(3-8)4-11-13-10(16(19)17-11)5-12-15(14(9)13)21-6-20-12/h1-5,18H,6H2,(H,17,19). The van der Waals surface area contributed by atoms with Crippen LogP contribution < -0.4 is 14.8 Å². The van der Waals surface area contributed by atoms with Gasteiger partial charge in [-0.15, -0.1) is 0 Å². The molecule has 102 valence electrons. The first-order valence-corrected chi connectivity index (χ1v) is 6.56. The van der Waals surface area contributed by atoms with Gasteiger partial charge in [-0.25, -0.2) is 0 Å². The third-order valence-corrected chi connectivity index (χ3v) is 4.03. The van der Waals surface area contributed by atoms with Crippen molar-refractivity contribution in [1.29, 1.82) is 0 Å². The van der Waals surface area contributed by atoms with Crippen molar-refractivity contribution < 1.29 is 19.4 Å². The SMILES string of the molecule is O=C1Nc2cc3cc(O)ccc3c3c4c(cc1c23)OCO4. The van der Waals surface area contributed by atoms with Crippen LogP contribution in [-0.2, 0) is 0 Å². The Bertz CT molecular complexity index is 977. The topological polar surface area (TPSA) is 67.8 Å². The molecule has 3 aromatic rings. The zero-order chi connectivity index (χ0) is 14.1. The molecule has 0 aliphatic carbocycles. The molecule has 5 heteroatoms. The number of ether oxygens (including phenoxy) is 2. The number of amides is 1. The highest BCUT2D eigenvalue weighted by Gasteiger charge is 2.30. The maximum Gasteiger partial charge on any atom is 0.256 e.